The normalized spacial score (nSPS) is 19.7. The molecule has 4 heteroatoms. The fraction of sp³-hybridized carbons (Fsp3) is 0.714. The van der Waals surface area contributed by atoms with Crippen molar-refractivity contribution in [2.75, 3.05) is 0 Å². The number of alkyl halides is 3. The fourth-order valence-electron chi connectivity index (χ4n) is 2.31. The summed E-state index contributed by atoms with van der Waals surface area (Å²) in [7, 11) is 0. The average molecular weight is 330 g/mol. The van der Waals surface area contributed by atoms with Gasteiger partial charge in [0.1, 0.15) is 0 Å². The number of halogens is 4. The second-order valence-electron chi connectivity index (χ2n) is 4.84. The van der Waals surface area contributed by atoms with Crippen molar-refractivity contribution < 1.29 is 0 Å². The third kappa shape index (κ3) is 7.28. The van der Waals surface area contributed by atoms with Crippen LogP contribution in [-0.2, 0) is 0 Å². The van der Waals surface area contributed by atoms with E-state index in [4.69, 9.17) is 46.4 Å². The molecule has 0 bridgehead atoms. The first-order valence-electron chi connectivity index (χ1n) is 6.58. The summed E-state index contributed by atoms with van der Waals surface area (Å²) >= 11 is 22.7. The Bertz CT molecular complexity index is 283. The Morgan fingerprint density at radius 2 is 1.72 bits per heavy atom. The molecule has 0 aromatic rings. The molecule has 0 aliphatic heterocycles. The third-order valence-electron chi connectivity index (χ3n) is 3.34. The van der Waals surface area contributed by atoms with Crippen molar-refractivity contribution in [2.45, 2.75) is 55.2 Å². The Morgan fingerprint density at radius 3 is 2.33 bits per heavy atom. The van der Waals surface area contributed by atoms with Gasteiger partial charge in [-0.3, -0.25) is 0 Å². The summed E-state index contributed by atoms with van der Waals surface area (Å²) in [5, 5.41) is 0.268. The van der Waals surface area contributed by atoms with E-state index in [1.807, 2.05) is 0 Å². The van der Waals surface area contributed by atoms with Gasteiger partial charge in [0.25, 0.3) is 0 Å². The summed E-state index contributed by atoms with van der Waals surface area (Å²) in [6.07, 6.45) is 16.3. The van der Waals surface area contributed by atoms with Gasteiger partial charge in [-0.25, -0.2) is 0 Å². The Hall–Kier alpha value is 0.640. The van der Waals surface area contributed by atoms with Gasteiger partial charge in [0.2, 0.25) is 3.79 Å². The van der Waals surface area contributed by atoms with Crippen molar-refractivity contribution in [3.8, 4) is 0 Å². The van der Waals surface area contributed by atoms with Crippen LogP contribution in [0.4, 0.5) is 0 Å². The molecule has 18 heavy (non-hydrogen) atoms. The van der Waals surface area contributed by atoms with Crippen LogP contribution in [0.3, 0.4) is 0 Å². The number of allylic oxidation sites excluding steroid dienone is 4. The molecule has 0 spiro atoms. The van der Waals surface area contributed by atoms with Crippen LogP contribution in [0.25, 0.3) is 0 Å². The van der Waals surface area contributed by atoms with Crippen molar-refractivity contribution in [2.24, 2.45) is 5.92 Å². The summed E-state index contributed by atoms with van der Waals surface area (Å²) in [5.41, 5.74) is 0. The average Bonchev–Trinajstić information content (AvgIpc) is 2.33. The maximum absolute atomic E-state index is 5.82. The Labute approximate surface area is 130 Å². The Kier molecular flexibility index (Phi) is 8.11. The first-order chi connectivity index (χ1) is 8.50. The third-order valence-corrected chi connectivity index (χ3v) is 4.68. The van der Waals surface area contributed by atoms with Crippen LogP contribution in [-0.4, -0.2) is 3.79 Å². The van der Waals surface area contributed by atoms with Crippen molar-refractivity contribution in [1.82, 2.24) is 0 Å². The maximum Gasteiger partial charge on any atom is 0.226 e. The minimum Gasteiger partial charge on any atom is -0.0882 e. The SMILES string of the molecule is ClC(=CCC=CCCC1CCCCC1)C(Cl)(Cl)Cl. The molecule has 1 aliphatic carbocycles. The molecule has 1 saturated carbocycles. The first-order valence-corrected chi connectivity index (χ1v) is 8.09. The van der Waals surface area contributed by atoms with Gasteiger partial charge in [0, 0.05) is 0 Å². The predicted molar refractivity (Wildman–Crippen MR) is 83.8 cm³/mol. The Balaban J connectivity index is 2.14. The van der Waals surface area contributed by atoms with Crippen LogP contribution in [0.5, 0.6) is 0 Å². The van der Waals surface area contributed by atoms with Crippen LogP contribution in [0, 0.1) is 5.92 Å². The molecule has 104 valence electrons. The van der Waals surface area contributed by atoms with Crippen LogP contribution in [0.1, 0.15) is 51.4 Å². The lowest BCUT2D eigenvalue weighted by atomic mass is 9.86. The van der Waals surface area contributed by atoms with E-state index in [2.05, 4.69) is 12.2 Å². The van der Waals surface area contributed by atoms with E-state index >= 15 is 0 Å². The fourth-order valence-corrected chi connectivity index (χ4v) is 2.63. The number of rotatable bonds is 5. The van der Waals surface area contributed by atoms with E-state index in [0.717, 1.165) is 18.8 Å². The topological polar surface area (TPSA) is 0 Å². The number of hydrogen-bond donors (Lipinski definition) is 0. The van der Waals surface area contributed by atoms with Gasteiger partial charge in [-0.2, -0.15) is 0 Å². The van der Waals surface area contributed by atoms with Gasteiger partial charge in [0.15, 0.2) is 0 Å². The van der Waals surface area contributed by atoms with Gasteiger partial charge in [-0.05, 0) is 25.2 Å². The second-order valence-corrected chi connectivity index (χ2v) is 7.53. The molecule has 0 heterocycles. The first kappa shape index (κ1) is 16.7. The zero-order valence-electron chi connectivity index (χ0n) is 10.5. The maximum atomic E-state index is 5.82. The summed E-state index contributed by atoms with van der Waals surface area (Å²) in [5.74, 6) is 0.934. The highest BCUT2D eigenvalue weighted by molar-refractivity contribution is 6.72. The molecule has 0 amide bonds. The quantitative estimate of drug-likeness (QED) is 0.385. The monoisotopic (exact) mass is 328 g/mol. The molecular weight excluding hydrogens is 310 g/mol. The lowest BCUT2D eigenvalue weighted by Gasteiger charge is -2.20. The number of hydrogen-bond acceptors (Lipinski definition) is 0. The summed E-state index contributed by atoms with van der Waals surface area (Å²) in [6.45, 7) is 0. The standard InChI is InChI=1S/C14H20Cl4/c15-13(14(16,17)18)11-7-2-1-4-8-12-9-5-3-6-10-12/h1-2,11-12H,3-10H2. The van der Waals surface area contributed by atoms with Crippen LogP contribution >= 0.6 is 46.4 Å². The molecule has 1 aliphatic rings. The summed E-state index contributed by atoms with van der Waals surface area (Å²) < 4.78 is -1.49. The molecule has 1 rings (SSSR count). The lowest BCUT2D eigenvalue weighted by molar-refractivity contribution is 0.341. The minimum atomic E-state index is -1.49. The highest BCUT2D eigenvalue weighted by Crippen LogP contribution is 2.37. The smallest absolute Gasteiger partial charge is 0.0882 e. The Morgan fingerprint density at radius 1 is 1.06 bits per heavy atom. The van der Waals surface area contributed by atoms with E-state index in [-0.39, 0.29) is 5.03 Å². The highest BCUT2D eigenvalue weighted by Gasteiger charge is 2.23. The van der Waals surface area contributed by atoms with Crippen molar-refractivity contribution in [3.63, 3.8) is 0 Å². The molecule has 0 radical (unpaired) electrons. The van der Waals surface area contributed by atoms with Gasteiger partial charge in [-0.15, -0.1) is 0 Å². The molecule has 1 fully saturated rings. The predicted octanol–water partition coefficient (Wildman–Crippen LogP) is 6.79. The molecule has 0 atom stereocenters. The van der Waals surface area contributed by atoms with Gasteiger partial charge < -0.3 is 0 Å². The van der Waals surface area contributed by atoms with Gasteiger partial charge >= 0.3 is 0 Å². The molecule has 0 N–H and O–H groups in total. The summed E-state index contributed by atoms with van der Waals surface area (Å²) in [4.78, 5) is 0. The molecular formula is C14H20Cl4. The van der Waals surface area contributed by atoms with Gasteiger partial charge in [-0.1, -0.05) is 96.7 Å². The molecule has 0 nitrogen and oxygen atoms in total. The van der Waals surface area contributed by atoms with E-state index in [1.165, 1.54) is 38.5 Å². The lowest BCUT2D eigenvalue weighted by Crippen LogP contribution is -2.05. The summed E-state index contributed by atoms with van der Waals surface area (Å²) in [6, 6.07) is 0. The van der Waals surface area contributed by atoms with Crippen molar-refractivity contribution in [1.29, 1.82) is 0 Å². The molecule has 0 saturated heterocycles. The second kappa shape index (κ2) is 8.74. The van der Waals surface area contributed by atoms with E-state index in [0.29, 0.717) is 0 Å². The van der Waals surface area contributed by atoms with Gasteiger partial charge in [0.05, 0.1) is 5.03 Å². The zero-order chi connectivity index (χ0) is 13.4. The minimum absolute atomic E-state index is 0.268. The molecule has 0 aromatic carbocycles. The van der Waals surface area contributed by atoms with Crippen LogP contribution in [0.2, 0.25) is 0 Å². The molecule has 0 unspecified atom stereocenters. The van der Waals surface area contributed by atoms with Crippen molar-refractivity contribution in [3.05, 3.63) is 23.3 Å². The van der Waals surface area contributed by atoms with Crippen LogP contribution < -0.4 is 0 Å². The molecule has 0 aromatic heterocycles. The zero-order valence-corrected chi connectivity index (χ0v) is 13.5. The van der Waals surface area contributed by atoms with E-state index in [1.54, 1.807) is 6.08 Å². The highest BCUT2D eigenvalue weighted by atomic mass is 35.6. The van der Waals surface area contributed by atoms with E-state index < -0.39 is 3.79 Å². The van der Waals surface area contributed by atoms with Crippen LogP contribution in [0.15, 0.2) is 23.3 Å². The van der Waals surface area contributed by atoms with Crippen molar-refractivity contribution >= 4 is 46.4 Å². The largest absolute Gasteiger partial charge is 0.226 e. The van der Waals surface area contributed by atoms with E-state index in [9.17, 15) is 0 Å².